The number of benzene rings is 3. The average Bonchev–Trinajstić information content (AvgIpc) is 3.07. The van der Waals surface area contributed by atoms with Crippen molar-refractivity contribution in [2.75, 3.05) is 16.2 Å². The normalized spacial score (nSPS) is 11.3. The molecule has 186 valence electrons. The second-order valence-corrected chi connectivity index (χ2v) is 10.1. The van der Waals surface area contributed by atoms with Crippen LogP contribution in [0.2, 0.25) is 0 Å². The molecule has 1 N–H and O–H groups in total. The summed E-state index contributed by atoms with van der Waals surface area (Å²) >= 11 is 0. The van der Waals surface area contributed by atoms with Gasteiger partial charge in [0, 0.05) is 7.05 Å². The SMILES string of the molecule is Cc1ccc(N(CC(=O)Nc2c(C)n(C)n(-c3ccccc3)c2=O)S(=O)(=O)c2ccc(F)cc2)cc1. The van der Waals surface area contributed by atoms with Crippen molar-refractivity contribution in [3.8, 4) is 5.69 Å². The van der Waals surface area contributed by atoms with E-state index in [0.717, 1.165) is 34.1 Å². The number of carbonyl (C=O) groups excluding carboxylic acids is 1. The predicted molar refractivity (Wildman–Crippen MR) is 136 cm³/mol. The third kappa shape index (κ3) is 4.80. The first-order valence-electron chi connectivity index (χ1n) is 11.1. The first kappa shape index (κ1) is 24.9. The van der Waals surface area contributed by atoms with Crippen LogP contribution in [-0.2, 0) is 21.9 Å². The van der Waals surface area contributed by atoms with Crippen LogP contribution in [0.25, 0.3) is 5.69 Å². The molecule has 0 atom stereocenters. The molecule has 0 aliphatic rings. The number of nitrogens with one attached hydrogen (secondary N) is 1. The molecule has 1 heterocycles. The van der Waals surface area contributed by atoms with E-state index in [1.165, 1.54) is 4.68 Å². The van der Waals surface area contributed by atoms with Crippen LogP contribution in [0.4, 0.5) is 15.8 Å². The van der Waals surface area contributed by atoms with Gasteiger partial charge in [-0.15, -0.1) is 0 Å². The van der Waals surface area contributed by atoms with Crippen molar-refractivity contribution in [1.29, 1.82) is 0 Å². The molecular formula is C26H25FN4O4S. The highest BCUT2D eigenvalue weighted by molar-refractivity contribution is 7.92. The van der Waals surface area contributed by atoms with Gasteiger partial charge >= 0.3 is 0 Å². The number of amides is 1. The molecule has 0 bridgehead atoms. The van der Waals surface area contributed by atoms with E-state index in [0.29, 0.717) is 11.4 Å². The lowest BCUT2D eigenvalue weighted by molar-refractivity contribution is -0.114. The van der Waals surface area contributed by atoms with Crippen LogP contribution >= 0.6 is 0 Å². The average molecular weight is 509 g/mol. The van der Waals surface area contributed by atoms with Gasteiger partial charge in [0.1, 0.15) is 18.0 Å². The van der Waals surface area contributed by atoms with Gasteiger partial charge < -0.3 is 5.32 Å². The monoisotopic (exact) mass is 508 g/mol. The van der Waals surface area contributed by atoms with Crippen molar-refractivity contribution in [3.63, 3.8) is 0 Å². The van der Waals surface area contributed by atoms with Crippen LogP contribution in [0.15, 0.2) is 88.6 Å². The van der Waals surface area contributed by atoms with E-state index >= 15 is 0 Å². The molecule has 0 unspecified atom stereocenters. The maximum absolute atomic E-state index is 13.4. The van der Waals surface area contributed by atoms with Crippen molar-refractivity contribution in [2.45, 2.75) is 18.7 Å². The molecule has 36 heavy (non-hydrogen) atoms. The summed E-state index contributed by atoms with van der Waals surface area (Å²) in [5, 5.41) is 2.59. The molecule has 0 saturated carbocycles. The Kier molecular flexibility index (Phi) is 6.80. The number of hydrogen-bond donors (Lipinski definition) is 1. The number of sulfonamides is 1. The van der Waals surface area contributed by atoms with Crippen molar-refractivity contribution < 1.29 is 17.6 Å². The first-order valence-corrected chi connectivity index (χ1v) is 12.5. The summed E-state index contributed by atoms with van der Waals surface area (Å²) < 4.78 is 44.3. The Hall–Kier alpha value is -4.18. The Morgan fingerprint density at radius 3 is 2.17 bits per heavy atom. The Labute approximate surface area is 208 Å². The molecule has 3 aromatic carbocycles. The van der Waals surface area contributed by atoms with E-state index in [-0.39, 0.29) is 16.3 Å². The molecule has 0 spiro atoms. The zero-order valence-electron chi connectivity index (χ0n) is 20.0. The fourth-order valence-corrected chi connectivity index (χ4v) is 5.20. The van der Waals surface area contributed by atoms with Crippen molar-refractivity contribution in [1.82, 2.24) is 9.36 Å². The number of para-hydroxylation sites is 1. The molecule has 1 aromatic heterocycles. The number of anilines is 2. The smallest absolute Gasteiger partial charge is 0.295 e. The number of hydrogen-bond acceptors (Lipinski definition) is 4. The number of carbonyl (C=O) groups is 1. The van der Waals surface area contributed by atoms with Gasteiger partial charge in [-0.1, -0.05) is 35.9 Å². The summed E-state index contributed by atoms with van der Waals surface area (Å²) in [6, 6.07) is 19.9. The Bertz CT molecular complexity index is 1560. The largest absolute Gasteiger partial charge is 0.318 e. The lowest BCUT2D eigenvalue weighted by Crippen LogP contribution is -2.38. The van der Waals surface area contributed by atoms with Gasteiger partial charge in [-0.05, 0) is 62.4 Å². The summed E-state index contributed by atoms with van der Waals surface area (Å²) in [6.07, 6.45) is 0. The van der Waals surface area contributed by atoms with Gasteiger partial charge in [0.05, 0.1) is 22.0 Å². The predicted octanol–water partition coefficient (Wildman–Crippen LogP) is 3.77. The molecule has 0 radical (unpaired) electrons. The number of rotatable bonds is 7. The van der Waals surface area contributed by atoms with Crippen molar-refractivity contribution >= 4 is 27.3 Å². The van der Waals surface area contributed by atoms with E-state index in [1.54, 1.807) is 67.2 Å². The van der Waals surface area contributed by atoms with Crippen LogP contribution in [0.3, 0.4) is 0 Å². The topological polar surface area (TPSA) is 93.4 Å². The first-order chi connectivity index (χ1) is 17.1. The van der Waals surface area contributed by atoms with Crippen molar-refractivity contribution in [3.05, 3.63) is 106 Å². The molecule has 8 nitrogen and oxygen atoms in total. The zero-order valence-corrected chi connectivity index (χ0v) is 20.8. The van der Waals surface area contributed by atoms with Gasteiger partial charge in [0.15, 0.2) is 0 Å². The van der Waals surface area contributed by atoms with Crippen LogP contribution in [0.5, 0.6) is 0 Å². The molecular weight excluding hydrogens is 483 g/mol. The maximum Gasteiger partial charge on any atom is 0.295 e. The Balaban J connectivity index is 1.69. The number of halogens is 1. The fraction of sp³-hybridized carbons (Fsp3) is 0.154. The van der Waals surface area contributed by atoms with Gasteiger partial charge in [0.25, 0.3) is 15.6 Å². The van der Waals surface area contributed by atoms with Crippen LogP contribution in [0.1, 0.15) is 11.3 Å². The fourth-order valence-electron chi connectivity index (χ4n) is 3.78. The minimum atomic E-state index is -4.22. The van der Waals surface area contributed by atoms with Gasteiger partial charge in [0.2, 0.25) is 5.91 Å². The zero-order chi connectivity index (χ0) is 26.0. The molecule has 0 aliphatic heterocycles. The summed E-state index contributed by atoms with van der Waals surface area (Å²) in [6.45, 7) is 2.94. The minimum absolute atomic E-state index is 0.0504. The highest BCUT2D eigenvalue weighted by Gasteiger charge is 2.28. The van der Waals surface area contributed by atoms with Crippen molar-refractivity contribution in [2.24, 2.45) is 7.05 Å². The second-order valence-electron chi connectivity index (χ2n) is 8.29. The molecule has 4 rings (SSSR count). The van der Waals surface area contributed by atoms with E-state index in [4.69, 9.17) is 0 Å². The van der Waals surface area contributed by atoms with Crippen LogP contribution < -0.4 is 15.2 Å². The number of aryl methyl sites for hydroxylation is 1. The third-order valence-corrected chi connectivity index (χ3v) is 7.62. The summed E-state index contributed by atoms with van der Waals surface area (Å²) in [4.78, 5) is 26.1. The molecule has 0 aliphatic carbocycles. The standard InChI is InChI=1S/C26H25FN4O4S/c1-18-9-13-21(14-10-18)30(36(34,35)23-15-11-20(27)12-16-23)17-24(32)28-25-19(2)29(3)31(26(25)33)22-7-5-4-6-8-22/h4-16H,17H2,1-3H3,(H,28,32). The second kappa shape index (κ2) is 9.82. The molecule has 0 fully saturated rings. The lowest BCUT2D eigenvalue weighted by atomic mass is 10.2. The summed E-state index contributed by atoms with van der Waals surface area (Å²) in [5.41, 5.74) is 1.89. The Morgan fingerprint density at radius 1 is 0.944 bits per heavy atom. The Morgan fingerprint density at radius 2 is 1.56 bits per heavy atom. The van der Waals surface area contributed by atoms with Gasteiger partial charge in [-0.3, -0.25) is 18.6 Å². The lowest BCUT2D eigenvalue weighted by Gasteiger charge is -2.24. The van der Waals surface area contributed by atoms with Gasteiger partial charge in [-0.25, -0.2) is 17.5 Å². The van der Waals surface area contributed by atoms with E-state index in [9.17, 15) is 22.4 Å². The van der Waals surface area contributed by atoms with Crippen LogP contribution in [0, 0.1) is 19.7 Å². The highest BCUT2D eigenvalue weighted by Crippen LogP contribution is 2.25. The highest BCUT2D eigenvalue weighted by atomic mass is 32.2. The van der Waals surface area contributed by atoms with Gasteiger partial charge in [-0.2, -0.15) is 0 Å². The minimum Gasteiger partial charge on any atom is -0.318 e. The summed E-state index contributed by atoms with van der Waals surface area (Å²) in [5.74, 6) is -1.28. The quantitative estimate of drug-likeness (QED) is 0.411. The summed E-state index contributed by atoms with van der Waals surface area (Å²) in [7, 11) is -2.53. The maximum atomic E-state index is 13.4. The molecule has 0 saturated heterocycles. The van der Waals surface area contributed by atoms with Crippen LogP contribution in [-0.4, -0.2) is 30.2 Å². The third-order valence-electron chi connectivity index (χ3n) is 5.83. The molecule has 4 aromatic rings. The molecule has 1 amide bonds. The van der Waals surface area contributed by atoms with E-state index < -0.39 is 33.9 Å². The van der Waals surface area contributed by atoms with E-state index in [1.807, 2.05) is 13.0 Å². The number of aromatic nitrogens is 2. The molecule has 10 heteroatoms. The number of nitrogens with zero attached hydrogens (tertiary/aromatic N) is 3. The van der Waals surface area contributed by atoms with E-state index in [2.05, 4.69) is 5.32 Å².